The predicted octanol–water partition coefficient (Wildman–Crippen LogP) is 3.87. The Morgan fingerprint density at radius 2 is 1.53 bits per heavy atom. The van der Waals surface area contributed by atoms with E-state index in [4.69, 9.17) is 5.73 Å². The fraction of sp³-hybridized carbons (Fsp3) is 0.714. The molecule has 0 bridgehead atoms. The van der Waals surface area contributed by atoms with Crippen LogP contribution in [0.5, 0.6) is 0 Å². The Labute approximate surface area is 94.4 Å². The molecule has 1 rings (SSSR count). The predicted molar refractivity (Wildman–Crippen MR) is 67.4 cm³/mol. The minimum atomic E-state index is 0.197. The highest BCUT2D eigenvalue weighted by atomic mass is 14.6. The van der Waals surface area contributed by atoms with Gasteiger partial charge in [-0.2, -0.15) is 0 Å². The molecule has 86 valence electrons. The molecule has 1 heteroatoms. The number of hydrogen-bond acceptors (Lipinski definition) is 1. The fourth-order valence-corrected chi connectivity index (χ4v) is 2.89. The highest BCUT2D eigenvalue weighted by molar-refractivity contribution is 5.27. The lowest BCUT2D eigenvalue weighted by molar-refractivity contribution is 0.0188. The first-order valence-electron chi connectivity index (χ1n) is 5.75. The molecular weight excluding hydrogens is 182 g/mol. The lowest BCUT2D eigenvalue weighted by Crippen LogP contribution is -2.45. The van der Waals surface area contributed by atoms with E-state index in [2.05, 4.69) is 59.8 Å². The van der Waals surface area contributed by atoms with Gasteiger partial charge < -0.3 is 5.73 Å². The van der Waals surface area contributed by atoms with E-state index in [1.807, 2.05) is 0 Å². The first-order chi connectivity index (χ1) is 6.60. The third-order valence-electron chi connectivity index (χ3n) is 3.90. The third kappa shape index (κ3) is 1.97. The van der Waals surface area contributed by atoms with Gasteiger partial charge in [0.1, 0.15) is 0 Å². The first-order valence-corrected chi connectivity index (χ1v) is 5.75. The van der Waals surface area contributed by atoms with Crippen molar-refractivity contribution < 1.29 is 0 Å². The van der Waals surface area contributed by atoms with Crippen LogP contribution in [0.15, 0.2) is 23.9 Å². The zero-order chi connectivity index (χ0) is 11.9. The molecule has 0 unspecified atom stereocenters. The maximum absolute atomic E-state index is 5.82. The molecular formula is C14H25N. The Hall–Kier alpha value is -0.720. The Kier molecular flexibility index (Phi) is 2.80. The quantitative estimate of drug-likeness (QED) is 0.641. The molecule has 0 saturated carbocycles. The van der Waals surface area contributed by atoms with Crippen molar-refractivity contribution in [2.75, 3.05) is 0 Å². The standard InChI is InChI=1S/C14H25N/c1-12(2,3)14(13(4,5)6)9-7-11(15)8-10-14/h7-9H,10,15H2,1-6H3. The molecule has 1 nitrogen and oxygen atoms in total. The minimum Gasteiger partial charge on any atom is -0.399 e. The highest BCUT2D eigenvalue weighted by Gasteiger charge is 2.48. The van der Waals surface area contributed by atoms with Crippen molar-refractivity contribution in [3.8, 4) is 0 Å². The van der Waals surface area contributed by atoms with E-state index in [0.29, 0.717) is 0 Å². The summed E-state index contributed by atoms with van der Waals surface area (Å²) in [5.41, 5.74) is 7.41. The van der Waals surface area contributed by atoms with Crippen molar-refractivity contribution in [3.05, 3.63) is 23.9 Å². The van der Waals surface area contributed by atoms with Gasteiger partial charge in [0.25, 0.3) is 0 Å². The molecule has 0 aromatic rings. The summed E-state index contributed by atoms with van der Waals surface area (Å²) in [6, 6.07) is 0. The summed E-state index contributed by atoms with van der Waals surface area (Å²) < 4.78 is 0. The van der Waals surface area contributed by atoms with Gasteiger partial charge in [-0.3, -0.25) is 0 Å². The van der Waals surface area contributed by atoms with Crippen LogP contribution < -0.4 is 5.73 Å². The summed E-state index contributed by atoms with van der Waals surface area (Å²) in [6.45, 7) is 13.9. The third-order valence-corrected chi connectivity index (χ3v) is 3.90. The van der Waals surface area contributed by atoms with Crippen molar-refractivity contribution >= 4 is 0 Å². The van der Waals surface area contributed by atoms with Gasteiger partial charge in [0.05, 0.1) is 0 Å². The monoisotopic (exact) mass is 207 g/mol. The molecule has 1 aliphatic carbocycles. The normalized spacial score (nSPS) is 21.3. The number of nitrogens with two attached hydrogens (primary N) is 1. The number of hydrogen-bond donors (Lipinski definition) is 1. The summed E-state index contributed by atoms with van der Waals surface area (Å²) >= 11 is 0. The van der Waals surface area contributed by atoms with E-state index in [-0.39, 0.29) is 16.2 Å². The first kappa shape index (κ1) is 12.4. The smallest absolute Gasteiger partial charge is 0.0270 e. The molecule has 15 heavy (non-hydrogen) atoms. The van der Waals surface area contributed by atoms with Gasteiger partial charge >= 0.3 is 0 Å². The van der Waals surface area contributed by atoms with Crippen molar-refractivity contribution in [2.24, 2.45) is 22.0 Å². The summed E-state index contributed by atoms with van der Waals surface area (Å²) in [4.78, 5) is 0. The van der Waals surface area contributed by atoms with Crippen molar-refractivity contribution in [3.63, 3.8) is 0 Å². The second-order valence-corrected chi connectivity index (χ2v) is 6.71. The van der Waals surface area contributed by atoms with Crippen LogP contribution in [0.3, 0.4) is 0 Å². The largest absolute Gasteiger partial charge is 0.399 e. The van der Waals surface area contributed by atoms with Gasteiger partial charge in [0.15, 0.2) is 0 Å². The minimum absolute atomic E-state index is 0.197. The van der Waals surface area contributed by atoms with E-state index in [1.54, 1.807) is 0 Å². The van der Waals surface area contributed by atoms with E-state index >= 15 is 0 Å². The Bertz CT molecular complexity index is 280. The lowest BCUT2D eigenvalue weighted by Gasteiger charge is -2.53. The van der Waals surface area contributed by atoms with Crippen LogP contribution in [0.25, 0.3) is 0 Å². The molecule has 0 aliphatic heterocycles. The average molecular weight is 207 g/mol. The fourth-order valence-electron chi connectivity index (χ4n) is 2.89. The summed E-state index contributed by atoms with van der Waals surface area (Å²) in [5.74, 6) is 0. The Balaban J connectivity index is 3.19. The molecule has 0 saturated heterocycles. The Morgan fingerprint density at radius 3 is 1.80 bits per heavy atom. The summed E-state index contributed by atoms with van der Waals surface area (Å²) in [5, 5.41) is 0. The van der Waals surface area contributed by atoms with Crippen LogP contribution in [-0.2, 0) is 0 Å². The van der Waals surface area contributed by atoms with Crippen LogP contribution >= 0.6 is 0 Å². The van der Waals surface area contributed by atoms with Crippen LogP contribution in [0.1, 0.15) is 48.0 Å². The van der Waals surface area contributed by atoms with Crippen molar-refractivity contribution in [2.45, 2.75) is 48.0 Å². The van der Waals surface area contributed by atoms with E-state index in [9.17, 15) is 0 Å². The van der Waals surface area contributed by atoms with Gasteiger partial charge in [0, 0.05) is 11.1 Å². The SMILES string of the molecule is CC(C)(C)C1(C(C)(C)C)C=CC(N)=CC1. The maximum atomic E-state index is 5.82. The van der Waals surface area contributed by atoms with Gasteiger partial charge in [0.2, 0.25) is 0 Å². The highest BCUT2D eigenvalue weighted by Crippen LogP contribution is 2.56. The van der Waals surface area contributed by atoms with Crippen LogP contribution in [-0.4, -0.2) is 0 Å². The molecule has 0 aromatic heterocycles. The maximum Gasteiger partial charge on any atom is 0.0270 e. The van der Waals surface area contributed by atoms with Crippen LogP contribution in [0, 0.1) is 16.2 Å². The van der Waals surface area contributed by atoms with E-state index < -0.39 is 0 Å². The summed E-state index contributed by atoms with van der Waals surface area (Å²) in [7, 11) is 0. The van der Waals surface area contributed by atoms with Gasteiger partial charge in [-0.05, 0) is 23.3 Å². The second kappa shape index (κ2) is 3.40. The molecule has 0 atom stereocenters. The molecule has 2 N–H and O–H groups in total. The van der Waals surface area contributed by atoms with Crippen LogP contribution in [0.2, 0.25) is 0 Å². The molecule has 1 aliphatic rings. The Morgan fingerprint density at radius 1 is 1.07 bits per heavy atom. The van der Waals surface area contributed by atoms with Crippen molar-refractivity contribution in [1.29, 1.82) is 0 Å². The molecule has 0 aromatic carbocycles. The zero-order valence-corrected chi connectivity index (χ0v) is 11.0. The molecule has 0 fully saturated rings. The van der Waals surface area contributed by atoms with Gasteiger partial charge in [-0.25, -0.2) is 0 Å². The second-order valence-electron chi connectivity index (χ2n) is 6.71. The molecule has 0 radical (unpaired) electrons. The summed E-state index contributed by atoms with van der Waals surface area (Å²) in [6.07, 6.45) is 7.60. The lowest BCUT2D eigenvalue weighted by atomic mass is 9.52. The van der Waals surface area contributed by atoms with Gasteiger partial charge in [-0.1, -0.05) is 53.7 Å². The topological polar surface area (TPSA) is 26.0 Å². The molecule has 0 heterocycles. The molecule has 0 amide bonds. The van der Waals surface area contributed by atoms with Crippen molar-refractivity contribution in [1.82, 2.24) is 0 Å². The van der Waals surface area contributed by atoms with Crippen LogP contribution in [0.4, 0.5) is 0 Å². The number of rotatable bonds is 0. The van der Waals surface area contributed by atoms with E-state index in [1.165, 1.54) is 0 Å². The average Bonchev–Trinajstić information content (AvgIpc) is 2.00. The molecule has 0 spiro atoms. The number of allylic oxidation sites excluding steroid dienone is 3. The van der Waals surface area contributed by atoms with E-state index in [0.717, 1.165) is 12.1 Å². The zero-order valence-electron chi connectivity index (χ0n) is 11.0. The van der Waals surface area contributed by atoms with Gasteiger partial charge in [-0.15, -0.1) is 0 Å².